The minimum atomic E-state index is -0.395. The summed E-state index contributed by atoms with van der Waals surface area (Å²) < 4.78 is 13.1. The molecule has 19 heavy (non-hydrogen) atoms. The van der Waals surface area contributed by atoms with E-state index in [0.29, 0.717) is 17.1 Å². The number of nitrogen functional groups attached to an aromatic ring is 1. The number of halogens is 1. The summed E-state index contributed by atoms with van der Waals surface area (Å²) in [7, 11) is 0. The molecule has 1 aromatic heterocycles. The summed E-state index contributed by atoms with van der Waals surface area (Å²) >= 11 is 1.42. The van der Waals surface area contributed by atoms with Crippen molar-refractivity contribution in [2.45, 2.75) is 26.2 Å². The smallest absolute Gasteiger partial charge is 0.180 e. The molecule has 0 saturated heterocycles. The van der Waals surface area contributed by atoms with Crippen LogP contribution in [-0.4, -0.2) is 4.98 Å². The zero-order chi connectivity index (χ0) is 14.0. The van der Waals surface area contributed by atoms with Crippen molar-refractivity contribution in [3.63, 3.8) is 0 Å². The maximum absolute atomic E-state index is 13.1. The highest BCUT2D eigenvalue weighted by Crippen LogP contribution is 2.29. The Morgan fingerprint density at radius 1 is 1.47 bits per heavy atom. The van der Waals surface area contributed by atoms with Crippen molar-refractivity contribution in [3.8, 4) is 6.07 Å². The van der Waals surface area contributed by atoms with E-state index in [1.54, 1.807) is 6.07 Å². The largest absolute Gasteiger partial charge is 0.375 e. The van der Waals surface area contributed by atoms with Crippen LogP contribution in [0.4, 0.5) is 9.52 Å². The molecule has 2 rings (SSSR count). The second-order valence-electron chi connectivity index (χ2n) is 4.61. The van der Waals surface area contributed by atoms with Crippen LogP contribution in [0.2, 0.25) is 0 Å². The molecule has 0 aliphatic carbocycles. The molecule has 0 saturated carbocycles. The first-order chi connectivity index (χ1) is 9.01. The Labute approximate surface area is 115 Å². The van der Waals surface area contributed by atoms with Crippen LogP contribution in [0.15, 0.2) is 18.2 Å². The lowest BCUT2D eigenvalue weighted by Gasteiger charge is -2.06. The van der Waals surface area contributed by atoms with Gasteiger partial charge in [0, 0.05) is 11.3 Å². The number of nitrogens with two attached hydrogens (primary N) is 1. The molecule has 98 valence electrons. The number of aromatic nitrogens is 1. The first kappa shape index (κ1) is 13.5. The van der Waals surface area contributed by atoms with Gasteiger partial charge in [-0.1, -0.05) is 19.9 Å². The van der Waals surface area contributed by atoms with Crippen molar-refractivity contribution in [1.29, 1.82) is 5.26 Å². The summed E-state index contributed by atoms with van der Waals surface area (Å²) in [6, 6.07) is 6.30. The van der Waals surface area contributed by atoms with Crippen molar-refractivity contribution in [2.24, 2.45) is 0 Å². The fraction of sp³-hybridized carbons (Fsp3) is 0.286. The summed E-state index contributed by atoms with van der Waals surface area (Å²) in [5.74, 6) is -0.122. The van der Waals surface area contributed by atoms with Crippen molar-refractivity contribution < 1.29 is 4.39 Å². The zero-order valence-electron chi connectivity index (χ0n) is 10.8. The van der Waals surface area contributed by atoms with Crippen LogP contribution in [0.3, 0.4) is 0 Å². The fourth-order valence-electron chi connectivity index (χ4n) is 1.94. The first-order valence-corrected chi connectivity index (χ1v) is 6.76. The average Bonchev–Trinajstić information content (AvgIpc) is 2.72. The fourth-order valence-corrected chi connectivity index (χ4v) is 2.95. The molecule has 0 radical (unpaired) electrons. The predicted octanol–water partition coefficient (Wildman–Crippen LogP) is 3.45. The van der Waals surface area contributed by atoms with Gasteiger partial charge in [-0.3, -0.25) is 0 Å². The number of hydrogen-bond donors (Lipinski definition) is 1. The van der Waals surface area contributed by atoms with E-state index in [0.717, 1.165) is 16.1 Å². The second-order valence-corrected chi connectivity index (χ2v) is 5.72. The van der Waals surface area contributed by atoms with Gasteiger partial charge in [-0.15, -0.1) is 11.3 Å². The Bertz CT molecular complexity index is 641. The Kier molecular flexibility index (Phi) is 3.82. The van der Waals surface area contributed by atoms with Crippen molar-refractivity contribution >= 4 is 16.5 Å². The van der Waals surface area contributed by atoms with E-state index >= 15 is 0 Å². The number of nitrogens with zero attached hydrogens (tertiary/aromatic N) is 2. The van der Waals surface area contributed by atoms with Crippen LogP contribution in [0.1, 0.15) is 41.5 Å². The lowest BCUT2D eigenvalue weighted by molar-refractivity contribution is 0.626. The van der Waals surface area contributed by atoms with Crippen LogP contribution >= 0.6 is 11.3 Å². The monoisotopic (exact) mass is 275 g/mol. The Hall–Kier alpha value is -1.93. The molecule has 5 heteroatoms. The van der Waals surface area contributed by atoms with E-state index in [2.05, 4.69) is 4.98 Å². The number of nitriles is 1. The zero-order valence-corrected chi connectivity index (χ0v) is 11.6. The molecule has 1 aromatic carbocycles. The minimum absolute atomic E-state index is 0.273. The molecule has 0 spiro atoms. The van der Waals surface area contributed by atoms with Crippen LogP contribution in [-0.2, 0) is 6.42 Å². The number of benzene rings is 1. The highest BCUT2D eigenvalue weighted by atomic mass is 32.1. The van der Waals surface area contributed by atoms with E-state index in [9.17, 15) is 4.39 Å². The first-order valence-electron chi connectivity index (χ1n) is 5.95. The van der Waals surface area contributed by atoms with Crippen LogP contribution in [0.5, 0.6) is 0 Å². The van der Waals surface area contributed by atoms with E-state index in [1.807, 2.05) is 19.9 Å². The SMILES string of the molecule is CC(C)c1nc(N)sc1Cc1ccc(F)cc1C#N. The van der Waals surface area contributed by atoms with Crippen molar-refractivity contribution in [3.05, 3.63) is 45.7 Å². The quantitative estimate of drug-likeness (QED) is 0.933. The molecular formula is C14H14FN3S. The van der Waals surface area contributed by atoms with E-state index in [1.165, 1.54) is 23.5 Å². The molecule has 2 N–H and O–H groups in total. The van der Waals surface area contributed by atoms with E-state index < -0.39 is 5.82 Å². The highest BCUT2D eigenvalue weighted by Gasteiger charge is 2.15. The number of anilines is 1. The summed E-state index contributed by atoms with van der Waals surface area (Å²) in [4.78, 5) is 5.36. The molecule has 0 amide bonds. The lowest BCUT2D eigenvalue weighted by atomic mass is 10.0. The molecular weight excluding hydrogens is 261 g/mol. The van der Waals surface area contributed by atoms with Crippen LogP contribution < -0.4 is 5.73 Å². The summed E-state index contributed by atoms with van der Waals surface area (Å²) in [6.07, 6.45) is 0.561. The van der Waals surface area contributed by atoms with Gasteiger partial charge in [-0.2, -0.15) is 5.26 Å². The Morgan fingerprint density at radius 2 is 2.21 bits per heavy atom. The Morgan fingerprint density at radius 3 is 2.84 bits per heavy atom. The summed E-state index contributed by atoms with van der Waals surface area (Å²) in [5, 5.41) is 9.58. The maximum atomic E-state index is 13.1. The van der Waals surface area contributed by atoms with Gasteiger partial charge in [0.05, 0.1) is 17.3 Å². The lowest BCUT2D eigenvalue weighted by Crippen LogP contribution is -1.97. The van der Waals surface area contributed by atoms with Gasteiger partial charge >= 0.3 is 0 Å². The minimum Gasteiger partial charge on any atom is -0.375 e. The van der Waals surface area contributed by atoms with Crippen LogP contribution in [0, 0.1) is 17.1 Å². The third-order valence-corrected chi connectivity index (χ3v) is 3.73. The average molecular weight is 275 g/mol. The number of rotatable bonds is 3. The molecule has 3 nitrogen and oxygen atoms in total. The third kappa shape index (κ3) is 2.91. The molecule has 0 aliphatic rings. The molecule has 0 atom stereocenters. The van der Waals surface area contributed by atoms with Gasteiger partial charge in [0.15, 0.2) is 5.13 Å². The van der Waals surface area contributed by atoms with Gasteiger partial charge in [-0.25, -0.2) is 9.37 Å². The van der Waals surface area contributed by atoms with Crippen LogP contribution in [0.25, 0.3) is 0 Å². The third-order valence-electron chi connectivity index (χ3n) is 2.83. The van der Waals surface area contributed by atoms with Crippen molar-refractivity contribution in [1.82, 2.24) is 4.98 Å². The highest BCUT2D eigenvalue weighted by molar-refractivity contribution is 7.15. The van der Waals surface area contributed by atoms with E-state index in [-0.39, 0.29) is 5.92 Å². The standard InChI is InChI=1S/C14H14FN3S/c1-8(2)13-12(19-14(17)18-13)6-9-3-4-11(15)5-10(9)7-16/h3-5,8H,6H2,1-2H3,(H2,17,18). The molecule has 2 aromatic rings. The molecule has 0 fully saturated rings. The molecule has 0 bridgehead atoms. The van der Waals surface area contributed by atoms with Crippen molar-refractivity contribution in [2.75, 3.05) is 5.73 Å². The van der Waals surface area contributed by atoms with Gasteiger partial charge in [-0.05, 0) is 23.6 Å². The normalized spacial score (nSPS) is 10.7. The summed E-state index contributed by atoms with van der Waals surface area (Å²) in [6.45, 7) is 4.10. The van der Waals surface area contributed by atoms with Gasteiger partial charge in [0.1, 0.15) is 5.82 Å². The molecule has 1 heterocycles. The predicted molar refractivity (Wildman–Crippen MR) is 74.5 cm³/mol. The molecule has 0 unspecified atom stereocenters. The molecule has 0 aliphatic heterocycles. The second kappa shape index (κ2) is 5.37. The topological polar surface area (TPSA) is 62.7 Å². The van der Waals surface area contributed by atoms with Gasteiger partial charge < -0.3 is 5.73 Å². The number of hydrogen-bond acceptors (Lipinski definition) is 4. The Balaban J connectivity index is 2.39. The van der Waals surface area contributed by atoms with E-state index in [4.69, 9.17) is 11.0 Å². The maximum Gasteiger partial charge on any atom is 0.180 e. The van der Waals surface area contributed by atoms with Gasteiger partial charge in [0.25, 0.3) is 0 Å². The van der Waals surface area contributed by atoms with Gasteiger partial charge in [0.2, 0.25) is 0 Å². The summed E-state index contributed by atoms with van der Waals surface area (Å²) in [5.41, 5.74) is 7.87. The number of thiazole rings is 1.